The van der Waals surface area contributed by atoms with E-state index in [1.807, 2.05) is 0 Å². The number of hydrogen-bond acceptors (Lipinski definition) is 8. The Morgan fingerprint density at radius 2 is 0.593 bits per heavy atom. The average molecular weight is 391 g/mol. The van der Waals surface area contributed by atoms with Gasteiger partial charge in [0.05, 0.1) is 26.4 Å². The van der Waals surface area contributed by atoms with Crippen LogP contribution >= 0.6 is 0 Å². The molecule has 27 heavy (non-hydrogen) atoms. The molecule has 162 valence electrons. The Labute approximate surface area is 165 Å². The molecular formula is C19H42N4O4. The largest absolute Gasteiger partial charge is 0.395 e. The third-order valence-electron chi connectivity index (χ3n) is 5.24. The molecule has 0 bridgehead atoms. The molecule has 8 heteroatoms. The molecule has 8 nitrogen and oxygen atoms in total. The lowest BCUT2D eigenvalue weighted by molar-refractivity contribution is 0.141. The van der Waals surface area contributed by atoms with Crippen LogP contribution in [0.1, 0.15) is 19.3 Å². The van der Waals surface area contributed by atoms with Crippen molar-refractivity contribution in [2.75, 3.05) is 105 Å². The van der Waals surface area contributed by atoms with Gasteiger partial charge in [-0.15, -0.1) is 0 Å². The quantitative estimate of drug-likeness (QED) is 0.392. The first kappa shape index (κ1) is 24.7. The van der Waals surface area contributed by atoms with E-state index in [4.69, 9.17) is 0 Å². The van der Waals surface area contributed by atoms with Crippen LogP contribution in [0.5, 0.6) is 0 Å². The molecule has 0 atom stereocenters. The van der Waals surface area contributed by atoms with E-state index >= 15 is 0 Å². The highest BCUT2D eigenvalue weighted by Crippen LogP contribution is 2.03. The zero-order valence-electron chi connectivity index (χ0n) is 17.0. The third-order valence-corrected chi connectivity index (χ3v) is 5.24. The number of aliphatic hydroxyl groups excluding tert-OH is 4. The van der Waals surface area contributed by atoms with Crippen molar-refractivity contribution in [2.24, 2.45) is 0 Å². The van der Waals surface area contributed by atoms with Crippen molar-refractivity contribution < 1.29 is 20.4 Å². The highest BCUT2D eigenvalue weighted by Gasteiger charge is 2.13. The molecule has 0 spiro atoms. The Bertz CT molecular complexity index is 309. The van der Waals surface area contributed by atoms with Gasteiger partial charge < -0.3 is 30.2 Å². The van der Waals surface area contributed by atoms with E-state index in [0.717, 1.165) is 71.6 Å². The maximum absolute atomic E-state index is 9.35. The van der Waals surface area contributed by atoms with E-state index in [9.17, 15) is 20.4 Å². The minimum Gasteiger partial charge on any atom is -0.395 e. The van der Waals surface area contributed by atoms with Crippen LogP contribution in [0.2, 0.25) is 0 Å². The summed E-state index contributed by atoms with van der Waals surface area (Å²) in [6.45, 7) is 10.9. The summed E-state index contributed by atoms with van der Waals surface area (Å²) in [5.41, 5.74) is 0. The maximum Gasteiger partial charge on any atom is 0.0558 e. The van der Waals surface area contributed by atoms with Crippen molar-refractivity contribution in [2.45, 2.75) is 19.3 Å². The molecule has 0 aromatic rings. The summed E-state index contributed by atoms with van der Waals surface area (Å²) in [5.74, 6) is 0. The molecule has 1 heterocycles. The molecule has 1 aliphatic rings. The first-order valence-corrected chi connectivity index (χ1v) is 10.6. The topological polar surface area (TPSA) is 93.9 Å². The van der Waals surface area contributed by atoms with Crippen molar-refractivity contribution >= 4 is 0 Å². The zero-order valence-corrected chi connectivity index (χ0v) is 17.0. The molecule has 0 radical (unpaired) electrons. The number of hydrogen-bond donors (Lipinski definition) is 4. The number of nitrogens with zero attached hydrogens (tertiary/aromatic N) is 4. The van der Waals surface area contributed by atoms with Gasteiger partial charge in [-0.25, -0.2) is 0 Å². The van der Waals surface area contributed by atoms with Crippen LogP contribution in [0.3, 0.4) is 0 Å². The van der Waals surface area contributed by atoms with E-state index in [-0.39, 0.29) is 26.4 Å². The second-order valence-corrected chi connectivity index (χ2v) is 7.32. The lowest BCUT2D eigenvalue weighted by Crippen LogP contribution is -2.40. The lowest BCUT2D eigenvalue weighted by atomic mass is 10.3. The van der Waals surface area contributed by atoms with Crippen molar-refractivity contribution in [1.29, 1.82) is 0 Å². The van der Waals surface area contributed by atoms with Crippen molar-refractivity contribution in [3.05, 3.63) is 0 Å². The summed E-state index contributed by atoms with van der Waals surface area (Å²) in [5, 5.41) is 37.3. The molecule has 0 amide bonds. The molecule has 0 aromatic carbocycles. The first-order valence-electron chi connectivity index (χ1n) is 10.6. The van der Waals surface area contributed by atoms with E-state index in [0.29, 0.717) is 26.2 Å². The first-order chi connectivity index (χ1) is 13.2. The fraction of sp³-hybridized carbons (Fsp3) is 1.00. The summed E-state index contributed by atoms with van der Waals surface area (Å²) in [7, 11) is 0. The van der Waals surface area contributed by atoms with Gasteiger partial charge in [-0.2, -0.15) is 0 Å². The van der Waals surface area contributed by atoms with E-state index < -0.39 is 0 Å². The third kappa shape index (κ3) is 12.0. The smallest absolute Gasteiger partial charge is 0.0558 e. The molecule has 4 N–H and O–H groups in total. The molecule has 0 aliphatic carbocycles. The Hall–Kier alpha value is -0.320. The predicted molar refractivity (Wildman–Crippen MR) is 108 cm³/mol. The average Bonchev–Trinajstić information content (AvgIpc) is 2.65. The van der Waals surface area contributed by atoms with Crippen molar-refractivity contribution in [3.63, 3.8) is 0 Å². The molecule has 1 saturated heterocycles. The van der Waals surface area contributed by atoms with Crippen LogP contribution in [-0.4, -0.2) is 145 Å². The molecule has 0 aromatic heterocycles. The number of aliphatic hydroxyl groups is 4. The molecule has 0 unspecified atom stereocenters. The molecule has 1 rings (SSSR count). The Kier molecular flexibility index (Phi) is 15.2. The second-order valence-electron chi connectivity index (χ2n) is 7.32. The lowest BCUT2D eigenvalue weighted by Gasteiger charge is -2.28. The van der Waals surface area contributed by atoms with Gasteiger partial charge in [0.2, 0.25) is 0 Å². The summed E-state index contributed by atoms with van der Waals surface area (Å²) < 4.78 is 0. The fourth-order valence-electron chi connectivity index (χ4n) is 3.74. The fourth-order valence-corrected chi connectivity index (χ4v) is 3.74. The van der Waals surface area contributed by atoms with Crippen molar-refractivity contribution in [1.82, 2.24) is 19.6 Å². The number of rotatable bonds is 8. The highest BCUT2D eigenvalue weighted by atomic mass is 16.3. The monoisotopic (exact) mass is 390 g/mol. The van der Waals surface area contributed by atoms with Gasteiger partial charge in [0, 0.05) is 39.3 Å². The molecule has 1 fully saturated rings. The normalized spacial score (nSPS) is 21.8. The van der Waals surface area contributed by atoms with Crippen molar-refractivity contribution in [3.8, 4) is 0 Å². The number of β-amino-alcohol motifs (C(OH)–C–C–N with tert-alkyl or cyclic N) is 4. The SMILES string of the molecule is OCCN1CCCN(CCO)CCCN(CCO)CCN(CCO)CCC1. The van der Waals surface area contributed by atoms with Crippen LogP contribution in [0.15, 0.2) is 0 Å². The summed E-state index contributed by atoms with van der Waals surface area (Å²) in [6.07, 6.45) is 3.06. The Morgan fingerprint density at radius 3 is 0.815 bits per heavy atom. The maximum atomic E-state index is 9.35. The Morgan fingerprint density at radius 1 is 0.370 bits per heavy atom. The summed E-state index contributed by atoms with van der Waals surface area (Å²) >= 11 is 0. The second kappa shape index (κ2) is 16.6. The molecule has 0 saturated carbocycles. The molecule has 1 aliphatic heterocycles. The Balaban J connectivity index is 2.68. The minimum atomic E-state index is 0.163. The van der Waals surface area contributed by atoms with Gasteiger partial charge in [-0.1, -0.05) is 0 Å². The predicted octanol–water partition coefficient (Wildman–Crippen LogP) is -1.65. The minimum absolute atomic E-state index is 0.163. The molecular weight excluding hydrogens is 348 g/mol. The van der Waals surface area contributed by atoms with Crippen LogP contribution in [0, 0.1) is 0 Å². The van der Waals surface area contributed by atoms with Gasteiger partial charge in [0.1, 0.15) is 0 Å². The summed E-state index contributed by atoms with van der Waals surface area (Å²) in [4.78, 5) is 9.20. The van der Waals surface area contributed by atoms with E-state index in [1.165, 1.54) is 0 Å². The van der Waals surface area contributed by atoms with Gasteiger partial charge in [0.25, 0.3) is 0 Å². The highest BCUT2D eigenvalue weighted by molar-refractivity contribution is 4.69. The van der Waals surface area contributed by atoms with Crippen LogP contribution in [0.25, 0.3) is 0 Å². The van der Waals surface area contributed by atoms with Gasteiger partial charge in [-0.3, -0.25) is 9.80 Å². The van der Waals surface area contributed by atoms with Gasteiger partial charge >= 0.3 is 0 Å². The van der Waals surface area contributed by atoms with Gasteiger partial charge in [0.15, 0.2) is 0 Å². The van der Waals surface area contributed by atoms with E-state index in [1.54, 1.807) is 0 Å². The van der Waals surface area contributed by atoms with Gasteiger partial charge in [-0.05, 0) is 58.5 Å². The van der Waals surface area contributed by atoms with Crippen LogP contribution in [0.4, 0.5) is 0 Å². The summed E-state index contributed by atoms with van der Waals surface area (Å²) in [6, 6.07) is 0. The van der Waals surface area contributed by atoms with E-state index in [2.05, 4.69) is 19.6 Å². The standard InChI is InChI=1S/C19H42N4O4/c24-16-12-20-4-1-5-21(13-17-25)7-3-9-23(15-19-27)11-10-22(14-18-26)8-2-6-20/h24-27H,1-19H2. The van der Waals surface area contributed by atoms with Crippen LogP contribution < -0.4 is 0 Å². The van der Waals surface area contributed by atoms with Crippen LogP contribution in [-0.2, 0) is 0 Å². The zero-order chi connectivity index (χ0) is 19.7.